The molecule has 1 aromatic carbocycles. The average Bonchev–Trinajstić information content (AvgIpc) is 2.84. The maximum atomic E-state index is 12.6. The van der Waals surface area contributed by atoms with Crippen LogP contribution in [-0.2, 0) is 7.05 Å². The van der Waals surface area contributed by atoms with Crippen LogP contribution in [0.3, 0.4) is 0 Å². The molecule has 0 aliphatic carbocycles. The van der Waals surface area contributed by atoms with Crippen LogP contribution >= 0.6 is 34.7 Å². The molecular formula is C17H15ClN2O2S2. The standard InChI is InChI=1S/C17H15ClN2O2S2/c1-9-10(2)24-15-14(9)16(22)20(3)17(19-15)23-8-13(21)11-4-6-12(18)7-5-11/h4-7H,8H2,1-3H3. The van der Waals surface area contributed by atoms with Crippen LogP contribution < -0.4 is 5.56 Å². The van der Waals surface area contributed by atoms with Gasteiger partial charge in [-0.25, -0.2) is 4.98 Å². The predicted molar refractivity (Wildman–Crippen MR) is 101 cm³/mol. The average molecular weight is 379 g/mol. The number of carbonyl (C=O) groups excluding carboxylic acids is 1. The van der Waals surface area contributed by atoms with Crippen LogP contribution in [0.1, 0.15) is 20.8 Å². The van der Waals surface area contributed by atoms with E-state index in [1.807, 2.05) is 13.8 Å². The zero-order chi connectivity index (χ0) is 17.4. The summed E-state index contributed by atoms with van der Waals surface area (Å²) < 4.78 is 1.52. The minimum absolute atomic E-state index is 0.0236. The van der Waals surface area contributed by atoms with Gasteiger partial charge in [0.05, 0.1) is 11.1 Å². The summed E-state index contributed by atoms with van der Waals surface area (Å²) in [4.78, 5) is 31.2. The molecule has 0 saturated heterocycles. The van der Waals surface area contributed by atoms with Crippen molar-refractivity contribution in [3.05, 3.63) is 55.6 Å². The summed E-state index contributed by atoms with van der Waals surface area (Å²) in [6.07, 6.45) is 0. The maximum Gasteiger partial charge on any atom is 0.262 e. The van der Waals surface area contributed by atoms with Crippen LogP contribution in [0.5, 0.6) is 0 Å². The first kappa shape index (κ1) is 17.2. The molecule has 24 heavy (non-hydrogen) atoms. The number of ketones is 1. The van der Waals surface area contributed by atoms with Gasteiger partial charge in [0, 0.05) is 22.5 Å². The molecule has 7 heteroatoms. The number of thiophene rings is 1. The highest BCUT2D eigenvalue weighted by molar-refractivity contribution is 7.99. The molecule has 0 saturated carbocycles. The van der Waals surface area contributed by atoms with Gasteiger partial charge in [0.1, 0.15) is 4.83 Å². The highest BCUT2D eigenvalue weighted by Gasteiger charge is 2.16. The maximum absolute atomic E-state index is 12.6. The van der Waals surface area contributed by atoms with E-state index in [0.717, 1.165) is 15.3 Å². The molecule has 2 heterocycles. The molecule has 0 spiro atoms. The van der Waals surface area contributed by atoms with Gasteiger partial charge in [-0.05, 0) is 43.7 Å². The smallest absolute Gasteiger partial charge is 0.262 e. The largest absolute Gasteiger partial charge is 0.293 e. The number of carbonyl (C=O) groups is 1. The monoisotopic (exact) mass is 378 g/mol. The molecule has 0 atom stereocenters. The van der Waals surface area contributed by atoms with E-state index in [0.29, 0.717) is 21.1 Å². The van der Waals surface area contributed by atoms with Crippen LogP contribution in [0.15, 0.2) is 34.2 Å². The third-order valence-electron chi connectivity index (χ3n) is 3.87. The number of nitrogens with zero attached hydrogens (tertiary/aromatic N) is 2. The number of Topliss-reactive ketones (excluding diaryl/α,β-unsaturated/α-hetero) is 1. The second-order valence-electron chi connectivity index (χ2n) is 5.44. The Morgan fingerprint density at radius 2 is 1.96 bits per heavy atom. The van der Waals surface area contributed by atoms with E-state index < -0.39 is 0 Å². The quantitative estimate of drug-likeness (QED) is 0.387. The van der Waals surface area contributed by atoms with Gasteiger partial charge in [-0.2, -0.15) is 0 Å². The highest BCUT2D eigenvalue weighted by atomic mass is 35.5. The topological polar surface area (TPSA) is 52.0 Å². The summed E-state index contributed by atoms with van der Waals surface area (Å²) in [5.41, 5.74) is 1.51. The van der Waals surface area contributed by atoms with Crippen LogP contribution in [0.4, 0.5) is 0 Å². The Kier molecular flexibility index (Phi) is 4.80. The number of aromatic nitrogens is 2. The Bertz CT molecular complexity index is 990. The Hall–Kier alpha value is -1.63. The van der Waals surface area contributed by atoms with Crippen molar-refractivity contribution < 1.29 is 4.79 Å². The number of benzene rings is 1. The summed E-state index contributed by atoms with van der Waals surface area (Å²) >= 11 is 8.62. The summed E-state index contributed by atoms with van der Waals surface area (Å²) in [5, 5.41) is 1.82. The van der Waals surface area contributed by atoms with Crippen LogP contribution in [0, 0.1) is 13.8 Å². The SMILES string of the molecule is Cc1sc2nc(SCC(=O)c3ccc(Cl)cc3)n(C)c(=O)c2c1C. The Morgan fingerprint density at radius 3 is 2.62 bits per heavy atom. The van der Waals surface area contributed by atoms with Crippen molar-refractivity contribution in [2.75, 3.05) is 5.75 Å². The van der Waals surface area contributed by atoms with E-state index in [1.54, 1.807) is 31.3 Å². The first-order valence-electron chi connectivity index (χ1n) is 7.26. The molecule has 4 nitrogen and oxygen atoms in total. The van der Waals surface area contributed by atoms with E-state index in [1.165, 1.54) is 27.7 Å². The summed E-state index contributed by atoms with van der Waals surface area (Å²) in [6, 6.07) is 6.78. The molecule has 0 fully saturated rings. The minimum atomic E-state index is -0.0664. The van der Waals surface area contributed by atoms with Gasteiger partial charge in [0.25, 0.3) is 5.56 Å². The van der Waals surface area contributed by atoms with Gasteiger partial charge >= 0.3 is 0 Å². The fourth-order valence-electron chi connectivity index (χ4n) is 2.33. The fourth-order valence-corrected chi connectivity index (χ4v) is 4.40. The van der Waals surface area contributed by atoms with Gasteiger partial charge in [0.15, 0.2) is 10.9 Å². The molecule has 3 rings (SSSR count). The molecule has 0 aliphatic heterocycles. The summed E-state index contributed by atoms with van der Waals surface area (Å²) in [6.45, 7) is 3.92. The van der Waals surface area contributed by atoms with E-state index in [2.05, 4.69) is 4.98 Å². The fraction of sp³-hybridized carbons (Fsp3) is 0.235. The van der Waals surface area contributed by atoms with Crippen LogP contribution in [-0.4, -0.2) is 21.1 Å². The third-order valence-corrected chi connectivity index (χ3v) is 6.25. The summed E-state index contributed by atoms with van der Waals surface area (Å²) in [5.74, 6) is 0.195. The lowest BCUT2D eigenvalue weighted by atomic mass is 10.1. The molecule has 0 aliphatic rings. The van der Waals surface area contributed by atoms with Crippen molar-refractivity contribution in [3.8, 4) is 0 Å². The van der Waals surface area contributed by atoms with Crippen molar-refractivity contribution in [2.24, 2.45) is 7.05 Å². The second kappa shape index (κ2) is 6.70. The third kappa shape index (κ3) is 3.14. The number of rotatable bonds is 4. The van der Waals surface area contributed by atoms with Crippen molar-refractivity contribution in [1.82, 2.24) is 9.55 Å². The predicted octanol–water partition coefficient (Wildman–Crippen LogP) is 4.24. The Morgan fingerprint density at radius 1 is 1.29 bits per heavy atom. The molecule has 0 radical (unpaired) electrons. The van der Waals surface area contributed by atoms with E-state index >= 15 is 0 Å². The first-order valence-corrected chi connectivity index (χ1v) is 9.44. The molecule has 2 aromatic heterocycles. The van der Waals surface area contributed by atoms with Crippen LogP contribution in [0.25, 0.3) is 10.2 Å². The lowest BCUT2D eigenvalue weighted by molar-refractivity contribution is 0.102. The van der Waals surface area contributed by atoms with Crippen molar-refractivity contribution in [1.29, 1.82) is 0 Å². The van der Waals surface area contributed by atoms with Crippen LogP contribution in [0.2, 0.25) is 5.02 Å². The van der Waals surface area contributed by atoms with E-state index in [4.69, 9.17) is 11.6 Å². The zero-order valence-corrected chi connectivity index (χ0v) is 15.8. The second-order valence-corrected chi connectivity index (χ2v) is 8.02. The van der Waals surface area contributed by atoms with Crippen molar-refractivity contribution >= 4 is 50.7 Å². The highest BCUT2D eigenvalue weighted by Crippen LogP contribution is 2.28. The van der Waals surface area contributed by atoms with E-state index in [9.17, 15) is 9.59 Å². The molecule has 3 aromatic rings. The lowest BCUT2D eigenvalue weighted by Gasteiger charge is -2.07. The first-order chi connectivity index (χ1) is 11.4. The van der Waals surface area contributed by atoms with Gasteiger partial charge in [-0.15, -0.1) is 11.3 Å². The Labute approximate surface area is 152 Å². The molecule has 124 valence electrons. The number of thioether (sulfide) groups is 1. The van der Waals surface area contributed by atoms with Gasteiger partial charge in [-0.1, -0.05) is 23.4 Å². The lowest BCUT2D eigenvalue weighted by Crippen LogP contribution is -2.20. The Balaban J connectivity index is 1.88. The van der Waals surface area contributed by atoms with E-state index in [-0.39, 0.29) is 17.1 Å². The number of halogens is 1. The van der Waals surface area contributed by atoms with Crippen molar-refractivity contribution in [2.45, 2.75) is 19.0 Å². The number of fused-ring (bicyclic) bond motifs is 1. The number of hydrogen-bond acceptors (Lipinski definition) is 5. The van der Waals surface area contributed by atoms with Gasteiger partial charge in [-0.3, -0.25) is 14.2 Å². The summed E-state index contributed by atoms with van der Waals surface area (Å²) in [7, 11) is 1.69. The molecule has 0 N–H and O–H groups in total. The normalized spacial score (nSPS) is 11.2. The minimum Gasteiger partial charge on any atom is -0.293 e. The molecular weight excluding hydrogens is 364 g/mol. The molecule has 0 bridgehead atoms. The zero-order valence-electron chi connectivity index (χ0n) is 13.4. The molecule has 0 unspecified atom stereocenters. The number of aryl methyl sites for hydroxylation is 2. The van der Waals surface area contributed by atoms with Gasteiger partial charge in [0.2, 0.25) is 0 Å². The molecule has 0 amide bonds. The van der Waals surface area contributed by atoms with Crippen molar-refractivity contribution in [3.63, 3.8) is 0 Å². The van der Waals surface area contributed by atoms with Gasteiger partial charge < -0.3 is 0 Å². The number of hydrogen-bond donors (Lipinski definition) is 0.